The second-order valence-corrected chi connectivity index (χ2v) is 6.32. The first-order chi connectivity index (χ1) is 11.6. The second-order valence-electron chi connectivity index (χ2n) is 6.32. The number of nitrogens with zero attached hydrogens (tertiary/aromatic N) is 2. The number of benzene rings is 1. The molecule has 2 rings (SSSR count). The fraction of sp³-hybridized carbons (Fsp3) is 0.579. The summed E-state index contributed by atoms with van der Waals surface area (Å²) in [7, 11) is 0. The van der Waals surface area contributed by atoms with Crippen molar-refractivity contribution >= 4 is 23.2 Å². The van der Waals surface area contributed by atoms with Gasteiger partial charge in [0, 0.05) is 50.4 Å². The molecule has 0 aromatic heterocycles. The zero-order valence-corrected chi connectivity index (χ0v) is 14.9. The number of carbonyl (C=O) groups is 2. The summed E-state index contributed by atoms with van der Waals surface area (Å²) in [5, 5.41) is 2.90. The number of piperazine rings is 1. The monoisotopic (exact) mass is 331 g/mol. The molecule has 1 heterocycles. The van der Waals surface area contributed by atoms with Gasteiger partial charge in [-0.3, -0.25) is 9.59 Å². The minimum Gasteiger partial charge on any atom is -0.368 e. The Bertz CT molecular complexity index is 534. The van der Waals surface area contributed by atoms with Gasteiger partial charge in [0.25, 0.3) is 0 Å². The molecule has 1 N–H and O–H groups in total. The Balaban J connectivity index is 1.83. The molecule has 0 saturated carbocycles. The highest BCUT2D eigenvalue weighted by molar-refractivity contribution is 5.90. The largest absolute Gasteiger partial charge is 0.368 e. The van der Waals surface area contributed by atoms with E-state index >= 15 is 0 Å². The van der Waals surface area contributed by atoms with Gasteiger partial charge in [-0.15, -0.1) is 0 Å². The summed E-state index contributed by atoms with van der Waals surface area (Å²) in [5.74, 6) is 0.343. The summed E-state index contributed by atoms with van der Waals surface area (Å²) >= 11 is 0. The number of hydrogen-bond donors (Lipinski definition) is 1. The summed E-state index contributed by atoms with van der Waals surface area (Å²) < 4.78 is 0. The zero-order valence-electron chi connectivity index (χ0n) is 14.9. The van der Waals surface area contributed by atoms with Crippen molar-refractivity contribution in [3.8, 4) is 0 Å². The van der Waals surface area contributed by atoms with Crippen LogP contribution in [0.1, 0.15) is 46.0 Å². The fourth-order valence-corrected chi connectivity index (χ4v) is 2.91. The van der Waals surface area contributed by atoms with E-state index in [0.29, 0.717) is 12.8 Å². The molecule has 1 aliphatic heterocycles. The van der Waals surface area contributed by atoms with Gasteiger partial charge < -0.3 is 15.1 Å². The van der Waals surface area contributed by atoms with Gasteiger partial charge in [-0.2, -0.15) is 0 Å². The van der Waals surface area contributed by atoms with Gasteiger partial charge in [0.2, 0.25) is 11.8 Å². The summed E-state index contributed by atoms with van der Waals surface area (Å²) in [6.45, 7) is 7.41. The van der Waals surface area contributed by atoms with Crippen LogP contribution in [0.5, 0.6) is 0 Å². The SMILES string of the molecule is CCCCC(=O)N1CCN(c2ccc(NC(=O)CCC)cc2)CC1. The molecule has 0 atom stereocenters. The van der Waals surface area contributed by atoms with Crippen LogP contribution in [0.15, 0.2) is 24.3 Å². The molecule has 0 unspecified atom stereocenters. The highest BCUT2D eigenvalue weighted by Gasteiger charge is 2.20. The number of rotatable bonds is 7. The number of hydrogen-bond acceptors (Lipinski definition) is 3. The van der Waals surface area contributed by atoms with Crippen LogP contribution in [0.4, 0.5) is 11.4 Å². The smallest absolute Gasteiger partial charge is 0.224 e. The van der Waals surface area contributed by atoms with Crippen molar-refractivity contribution in [3.63, 3.8) is 0 Å². The lowest BCUT2D eigenvalue weighted by atomic mass is 10.2. The first-order valence-electron chi connectivity index (χ1n) is 9.06. The topological polar surface area (TPSA) is 52.7 Å². The molecule has 24 heavy (non-hydrogen) atoms. The normalized spacial score (nSPS) is 14.6. The molecule has 0 spiro atoms. The third kappa shape index (κ3) is 5.25. The maximum absolute atomic E-state index is 12.1. The van der Waals surface area contributed by atoms with Crippen LogP contribution in [0.3, 0.4) is 0 Å². The van der Waals surface area contributed by atoms with E-state index in [2.05, 4.69) is 17.1 Å². The quantitative estimate of drug-likeness (QED) is 0.834. The fourth-order valence-electron chi connectivity index (χ4n) is 2.91. The minimum absolute atomic E-state index is 0.0597. The summed E-state index contributed by atoms with van der Waals surface area (Å²) in [4.78, 5) is 28.0. The molecular weight excluding hydrogens is 302 g/mol. The molecule has 1 saturated heterocycles. The summed E-state index contributed by atoms with van der Waals surface area (Å²) in [6.07, 6.45) is 4.11. The lowest BCUT2D eigenvalue weighted by Crippen LogP contribution is -2.48. The molecule has 1 fully saturated rings. The lowest BCUT2D eigenvalue weighted by Gasteiger charge is -2.36. The van der Waals surface area contributed by atoms with Gasteiger partial charge in [0.15, 0.2) is 0 Å². The van der Waals surface area contributed by atoms with Crippen molar-refractivity contribution in [2.45, 2.75) is 46.0 Å². The van der Waals surface area contributed by atoms with Crippen molar-refractivity contribution in [2.24, 2.45) is 0 Å². The van der Waals surface area contributed by atoms with Crippen LogP contribution in [-0.2, 0) is 9.59 Å². The van der Waals surface area contributed by atoms with Gasteiger partial charge in [-0.05, 0) is 37.1 Å². The Morgan fingerprint density at radius 3 is 2.21 bits per heavy atom. The van der Waals surface area contributed by atoms with Gasteiger partial charge in [-0.25, -0.2) is 0 Å². The average Bonchev–Trinajstić information content (AvgIpc) is 2.60. The van der Waals surface area contributed by atoms with E-state index in [4.69, 9.17) is 0 Å². The van der Waals surface area contributed by atoms with E-state index < -0.39 is 0 Å². The first-order valence-corrected chi connectivity index (χ1v) is 9.06. The van der Waals surface area contributed by atoms with E-state index in [9.17, 15) is 9.59 Å². The highest BCUT2D eigenvalue weighted by Crippen LogP contribution is 2.20. The van der Waals surface area contributed by atoms with Crippen molar-refractivity contribution in [1.82, 2.24) is 4.90 Å². The van der Waals surface area contributed by atoms with Crippen LogP contribution in [-0.4, -0.2) is 42.9 Å². The minimum atomic E-state index is 0.0597. The summed E-state index contributed by atoms with van der Waals surface area (Å²) in [6, 6.07) is 7.97. The number of amides is 2. The number of nitrogens with one attached hydrogen (secondary N) is 1. The van der Waals surface area contributed by atoms with Crippen LogP contribution < -0.4 is 10.2 Å². The standard InChI is InChI=1S/C19H29N3O2/c1-3-5-7-19(24)22-14-12-21(13-15-22)17-10-8-16(9-11-17)20-18(23)6-4-2/h8-11H,3-7,12-15H2,1-2H3,(H,20,23). The third-order valence-electron chi connectivity index (χ3n) is 4.37. The van der Waals surface area contributed by atoms with Gasteiger partial charge >= 0.3 is 0 Å². The molecule has 1 aromatic rings. The van der Waals surface area contributed by atoms with E-state index in [-0.39, 0.29) is 11.8 Å². The molecule has 2 amide bonds. The van der Waals surface area contributed by atoms with Crippen LogP contribution in [0.25, 0.3) is 0 Å². The average molecular weight is 331 g/mol. The molecule has 5 nitrogen and oxygen atoms in total. The van der Waals surface area contributed by atoms with Gasteiger partial charge in [0.1, 0.15) is 0 Å². The van der Waals surface area contributed by atoms with Crippen molar-refractivity contribution in [1.29, 1.82) is 0 Å². The number of carbonyl (C=O) groups excluding carboxylic acids is 2. The molecular formula is C19H29N3O2. The van der Waals surface area contributed by atoms with Crippen molar-refractivity contribution in [2.75, 3.05) is 36.4 Å². The zero-order chi connectivity index (χ0) is 17.4. The molecule has 5 heteroatoms. The van der Waals surface area contributed by atoms with E-state index in [0.717, 1.165) is 56.8 Å². The molecule has 0 bridgehead atoms. The Hall–Kier alpha value is -2.04. The molecule has 0 radical (unpaired) electrons. The molecule has 0 aliphatic carbocycles. The number of anilines is 2. The highest BCUT2D eigenvalue weighted by atomic mass is 16.2. The van der Waals surface area contributed by atoms with Crippen molar-refractivity contribution < 1.29 is 9.59 Å². The van der Waals surface area contributed by atoms with E-state index in [1.54, 1.807) is 0 Å². The molecule has 1 aliphatic rings. The lowest BCUT2D eigenvalue weighted by molar-refractivity contribution is -0.131. The predicted molar refractivity (Wildman–Crippen MR) is 98.3 cm³/mol. The first kappa shape index (κ1) is 18.3. The second kappa shape index (κ2) is 9.30. The third-order valence-corrected chi connectivity index (χ3v) is 4.37. The molecule has 132 valence electrons. The Labute approximate surface area is 145 Å². The summed E-state index contributed by atoms with van der Waals surface area (Å²) in [5.41, 5.74) is 1.98. The van der Waals surface area contributed by atoms with Crippen molar-refractivity contribution in [3.05, 3.63) is 24.3 Å². The maximum Gasteiger partial charge on any atom is 0.224 e. The number of unbranched alkanes of at least 4 members (excludes halogenated alkanes) is 1. The molecule has 1 aromatic carbocycles. The maximum atomic E-state index is 12.1. The van der Waals surface area contributed by atoms with Crippen LogP contribution in [0, 0.1) is 0 Å². The Kier molecular flexibility index (Phi) is 7.09. The van der Waals surface area contributed by atoms with E-state index in [1.165, 1.54) is 0 Å². The Morgan fingerprint density at radius 1 is 0.958 bits per heavy atom. The van der Waals surface area contributed by atoms with Crippen LogP contribution >= 0.6 is 0 Å². The Morgan fingerprint density at radius 2 is 1.62 bits per heavy atom. The predicted octanol–water partition coefficient (Wildman–Crippen LogP) is 3.26. The van der Waals surface area contributed by atoms with Gasteiger partial charge in [0.05, 0.1) is 0 Å². The van der Waals surface area contributed by atoms with E-state index in [1.807, 2.05) is 36.1 Å². The van der Waals surface area contributed by atoms with Gasteiger partial charge in [-0.1, -0.05) is 20.3 Å². The van der Waals surface area contributed by atoms with Crippen LogP contribution in [0.2, 0.25) is 0 Å².